The van der Waals surface area contributed by atoms with Crippen LogP contribution in [0.5, 0.6) is 0 Å². The van der Waals surface area contributed by atoms with Crippen molar-refractivity contribution in [1.29, 1.82) is 0 Å². The number of aromatic nitrogens is 3. The zero-order valence-corrected chi connectivity index (χ0v) is 18.3. The van der Waals surface area contributed by atoms with E-state index in [0.29, 0.717) is 6.04 Å². The van der Waals surface area contributed by atoms with Gasteiger partial charge in [-0.1, -0.05) is 48.8 Å². The van der Waals surface area contributed by atoms with Crippen LogP contribution in [0.15, 0.2) is 30.3 Å². The van der Waals surface area contributed by atoms with E-state index in [2.05, 4.69) is 29.3 Å². The van der Waals surface area contributed by atoms with Gasteiger partial charge in [-0.05, 0) is 44.7 Å². The van der Waals surface area contributed by atoms with Crippen molar-refractivity contribution >= 4 is 32.7 Å². The minimum Gasteiger partial charge on any atom is -0.353 e. The Hall–Kier alpha value is -2.41. The summed E-state index contributed by atoms with van der Waals surface area (Å²) in [6.07, 6.45) is 7.78. The summed E-state index contributed by atoms with van der Waals surface area (Å²) in [4.78, 5) is 19.9. The molecule has 1 amide bonds. The number of carbonyl (C=O) groups excluding carboxylic acids is 1. The van der Waals surface area contributed by atoms with Crippen molar-refractivity contribution in [3.05, 3.63) is 36.0 Å². The molecule has 158 valence electrons. The first-order valence-electron chi connectivity index (χ1n) is 11.2. The first kappa shape index (κ1) is 19.5. The number of amides is 1. The second kappa shape index (κ2) is 8.38. The summed E-state index contributed by atoms with van der Waals surface area (Å²) >= 11 is 1.73. The van der Waals surface area contributed by atoms with Crippen molar-refractivity contribution < 1.29 is 4.79 Å². The minimum atomic E-state index is 0.241. The number of nitrogens with zero attached hydrogens (tertiary/aromatic N) is 4. The lowest BCUT2D eigenvalue weighted by atomic mass is 9.88. The number of para-hydroxylation sites is 1. The summed E-state index contributed by atoms with van der Waals surface area (Å²) in [5.41, 5.74) is 3.00. The van der Waals surface area contributed by atoms with E-state index in [-0.39, 0.29) is 11.8 Å². The van der Waals surface area contributed by atoms with Gasteiger partial charge in [0.05, 0.1) is 16.1 Å². The fraction of sp³-hybridized carbons (Fsp3) is 0.522. The van der Waals surface area contributed by atoms with Gasteiger partial charge in [-0.2, -0.15) is 10.1 Å². The Morgan fingerprint density at radius 2 is 1.80 bits per heavy atom. The lowest BCUT2D eigenvalue weighted by Crippen LogP contribution is -2.46. The molecule has 0 unspecified atom stereocenters. The van der Waals surface area contributed by atoms with Gasteiger partial charge in [0, 0.05) is 25.0 Å². The second-order valence-electron chi connectivity index (χ2n) is 8.59. The van der Waals surface area contributed by atoms with Crippen molar-refractivity contribution in [2.45, 2.75) is 57.9 Å². The Bertz CT molecular complexity index is 1010. The number of aryl methyl sites for hydroxylation is 1. The molecule has 0 atom stereocenters. The Morgan fingerprint density at radius 1 is 1.07 bits per heavy atom. The van der Waals surface area contributed by atoms with E-state index in [1.165, 1.54) is 19.3 Å². The van der Waals surface area contributed by atoms with E-state index in [0.717, 1.165) is 65.6 Å². The highest BCUT2D eigenvalue weighted by Gasteiger charge is 2.27. The largest absolute Gasteiger partial charge is 0.353 e. The van der Waals surface area contributed by atoms with Gasteiger partial charge in [0.25, 0.3) is 0 Å². The van der Waals surface area contributed by atoms with Crippen LogP contribution in [0, 0.1) is 12.8 Å². The van der Waals surface area contributed by atoms with Gasteiger partial charge < -0.3 is 10.2 Å². The number of nitrogens with one attached hydrogen (secondary N) is 1. The van der Waals surface area contributed by atoms with E-state index in [9.17, 15) is 4.79 Å². The summed E-state index contributed by atoms with van der Waals surface area (Å²) in [5, 5.41) is 9.08. The summed E-state index contributed by atoms with van der Waals surface area (Å²) in [6, 6.07) is 10.5. The molecule has 1 saturated carbocycles. The molecule has 2 fully saturated rings. The predicted octanol–water partition coefficient (Wildman–Crippen LogP) is 4.46. The predicted molar refractivity (Wildman–Crippen MR) is 121 cm³/mol. The molecule has 1 aliphatic heterocycles. The smallest absolute Gasteiger partial charge is 0.223 e. The molecule has 2 aromatic heterocycles. The first-order chi connectivity index (χ1) is 14.7. The van der Waals surface area contributed by atoms with Crippen molar-refractivity contribution in [3.8, 4) is 5.69 Å². The molecule has 1 saturated heterocycles. The van der Waals surface area contributed by atoms with Crippen LogP contribution in [0.4, 0.5) is 5.13 Å². The van der Waals surface area contributed by atoms with Crippen LogP contribution in [0.3, 0.4) is 0 Å². The Labute approximate surface area is 181 Å². The van der Waals surface area contributed by atoms with Crippen LogP contribution in [0.1, 0.15) is 50.6 Å². The van der Waals surface area contributed by atoms with E-state index in [1.54, 1.807) is 11.3 Å². The van der Waals surface area contributed by atoms with Gasteiger partial charge in [-0.25, -0.2) is 4.68 Å². The number of anilines is 1. The molecule has 0 bridgehead atoms. The van der Waals surface area contributed by atoms with Crippen LogP contribution in [-0.4, -0.2) is 39.8 Å². The zero-order chi connectivity index (χ0) is 20.5. The highest BCUT2D eigenvalue weighted by Crippen LogP contribution is 2.34. The maximum atomic E-state index is 12.6. The zero-order valence-electron chi connectivity index (χ0n) is 17.5. The minimum absolute atomic E-state index is 0.241. The lowest BCUT2D eigenvalue weighted by Gasteiger charge is -2.33. The quantitative estimate of drug-likeness (QED) is 0.673. The normalized spacial score (nSPS) is 18.8. The number of hydrogen-bond acceptors (Lipinski definition) is 5. The maximum absolute atomic E-state index is 12.6. The molecule has 1 aliphatic carbocycles. The van der Waals surface area contributed by atoms with Crippen molar-refractivity contribution in [2.75, 3.05) is 18.0 Å². The number of carbonyl (C=O) groups is 1. The second-order valence-corrected chi connectivity index (χ2v) is 9.56. The van der Waals surface area contributed by atoms with Crippen molar-refractivity contribution in [2.24, 2.45) is 5.92 Å². The molecule has 3 heterocycles. The number of benzene rings is 1. The van der Waals surface area contributed by atoms with Gasteiger partial charge in [-0.3, -0.25) is 4.79 Å². The average Bonchev–Trinajstić information content (AvgIpc) is 3.36. The number of fused-ring (bicyclic) bond motifs is 1. The van der Waals surface area contributed by atoms with Crippen LogP contribution >= 0.6 is 11.3 Å². The van der Waals surface area contributed by atoms with Gasteiger partial charge >= 0.3 is 0 Å². The highest BCUT2D eigenvalue weighted by molar-refractivity contribution is 7.22. The monoisotopic (exact) mass is 423 g/mol. The molecule has 7 heteroatoms. The van der Waals surface area contributed by atoms with E-state index >= 15 is 0 Å². The van der Waals surface area contributed by atoms with E-state index in [1.807, 2.05) is 22.9 Å². The Morgan fingerprint density at radius 3 is 2.53 bits per heavy atom. The standard InChI is InChI=1S/C23H29N5OS/c1-16-20-21(28(26-16)19-10-6-3-7-11-19)25-23(30-20)27-14-12-18(13-15-27)24-22(29)17-8-4-2-5-9-17/h3,6-7,10-11,17-18H,2,4-5,8-9,12-15H2,1H3,(H,24,29). The number of hydrogen-bond donors (Lipinski definition) is 1. The molecule has 1 aromatic carbocycles. The number of piperidine rings is 1. The molecule has 30 heavy (non-hydrogen) atoms. The molecule has 0 spiro atoms. The van der Waals surface area contributed by atoms with E-state index < -0.39 is 0 Å². The Balaban J connectivity index is 1.25. The highest BCUT2D eigenvalue weighted by atomic mass is 32.1. The molecule has 1 N–H and O–H groups in total. The number of rotatable bonds is 4. The van der Waals surface area contributed by atoms with Crippen molar-refractivity contribution in [1.82, 2.24) is 20.1 Å². The lowest BCUT2D eigenvalue weighted by molar-refractivity contribution is -0.126. The number of thiazole rings is 1. The van der Waals surface area contributed by atoms with E-state index in [4.69, 9.17) is 10.1 Å². The third kappa shape index (κ3) is 3.83. The molecule has 0 radical (unpaired) electrons. The van der Waals surface area contributed by atoms with Crippen LogP contribution in [0.25, 0.3) is 16.0 Å². The molecule has 5 rings (SSSR count). The third-order valence-electron chi connectivity index (χ3n) is 6.47. The maximum Gasteiger partial charge on any atom is 0.223 e. The summed E-state index contributed by atoms with van der Waals surface area (Å²) in [7, 11) is 0. The average molecular weight is 424 g/mol. The van der Waals surface area contributed by atoms with Gasteiger partial charge in [-0.15, -0.1) is 0 Å². The van der Waals surface area contributed by atoms with Crippen LogP contribution in [0.2, 0.25) is 0 Å². The molecule has 3 aromatic rings. The topological polar surface area (TPSA) is 63.1 Å². The van der Waals surface area contributed by atoms with Crippen LogP contribution in [-0.2, 0) is 4.79 Å². The first-order valence-corrected chi connectivity index (χ1v) is 12.0. The fourth-order valence-electron chi connectivity index (χ4n) is 4.71. The molecule has 6 nitrogen and oxygen atoms in total. The van der Waals surface area contributed by atoms with Gasteiger partial charge in [0.2, 0.25) is 5.91 Å². The molecule has 2 aliphatic rings. The van der Waals surface area contributed by atoms with Crippen molar-refractivity contribution in [3.63, 3.8) is 0 Å². The van der Waals surface area contributed by atoms with Crippen LogP contribution < -0.4 is 10.2 Å². The fourth-order valence-corrected chi connectivity index (χ4v) is 5.74. The molecular weight excluding hydrogens is 394 g/mol. The SMILES string of the molecule is Cc1nn(-c2ccccc2)c2nc(N3CCC(NC(=O)C4CCCCC4)CC3)sc12. The van der Waals surface area contributed by atoms with Gasteiger partial charge in [0.1, 0.15) is 0 Å². The summed E-state index contributed by atoms with van der Waals surface area (Å²) in [6.45, 7) is 3.92. The Kier molecular flexibility index (Phi) is 5.46. The van der Waals surface area contributed by atoms with Gasteiger partial charge in [0.15, 0.2) is 10.8 Å². The molecular formula is C23H29N5OS. The summed E-state index contributed by atoms with van der Waals surface area (Å²) in [5.74, 6) is 0.525. The third-order valence-corrected chi connectivity index (χ3v) is 7.68. The summed E-state index contributed by atoms with van der Waals surface area (Å²) < 4.78 is 3.10.